The normalized spacial score (nSPS) is 11.3. The number of rotatable bonds is 1. The third-order valence-corrected chi connectivity index (χ3v) is 3.10. The molecular formula is C17H32ClNO2. The summed E-state index contributed by atoms with van der Waals surface area (Å²) in [5.41, 5.74) is 8.93. The van der Waals surface area contributed by atoms with E-state index in [1.165, 1.54) is 0 Å². The molecule has 0 aromatic heterocycles. The lowest BCUT2D eigenvalue weighted by molar-refractivity contribution is 0.318. The Morgan fingerprint density at radius 2 is 1.43 bits per heavy atom. The summed E-state index contributed by atoms with van der Waals surface area (Å²) in [6.07, 6.45) is 0. The summed E-state index contributed by atoms with van der Waals surface area (Å²) in [5, 5.41) is 17.7. The molecule has 124 valence electrons. The molecule has 0 bridgehead atoms. The molecule has 0 atom stereocenters. The van der Waals surface area contributed by atoms with Gasteiger partial charge in [-0.05, 0) is 34.9 Å². The maximum Gasteiger partial charge on any atom is 0.120 e. The summed E-state index contributed by atoms with van der Waals surface area (Å²) in [5.74, 6) is 0.324. The number of phenols is 1. The van der Waals surface area contributed by atoms with E-state index in [2.05, 4.69) is 47.6 Å². The zero-order valence-corrected chi connectivity index (χ0v) is 15.3. The molecule has 0 radical (unpaired) electrons. The third-order valence-electron chi connectivity index (χ3n) is 3.10. The molecule has 0 saturated carbocycles. The summed E-state index contributed by atoms with van der Waals surface area (Å²) < 4.78 is 0. The van der Waals surface area contributed by atoms with Crippen LogP contribution < -0.4 is 5.73 Å². The van der Waals surface area contributed by atoms with Crippen molar-refractivity contribution in [2.24, 2.45) is 5.73 Å². The van der Waals surface area contributed by atoms with Gasteiger partial charge in [-0.2, -0.15) is 0 Å². The van der Waals surface area contributed by atoms with E-state index in [0.29, 0.717) is 12.3 Å². The molecule has 21 heavy (non-hydrogen) atoms. The average molecular weight is 318 g/mol. The standard InChI is InChI=1S/C15H25NO.C2H6O.ClH/c1-14(2,3)10-7-12(15(4,5)6)11(9-16)13(17)8-10;1-2-3;/h7-8,17H,9,16H2,1-6H3;3H,2H2,1H3;1H. The number of nitrogens with two attached hydrogens (primary N) is 1. The van der Waals surface area contributed by atoms with Crippen LogP contribution in [0.1, 0.15) is 65.2 Å². The number of phenolic OH excluding ortho intramolecular Hbond substituents is 1. The van der Waals surface area contributed by atoms with Gasteiger partial charge < -0.3 is 15.9 Å². The fraction of sp³-hybridized carbons (Fsp3) is 0.647. The number of hydrogen-bond donors (Lipinski definition) is 3. The zero-order chi connectivity index (χ0) is 16.1. The van der Waals surface area contributed by atoms with Crippen molar-refractivity contribution < 1.29 is 10.2 Å². The van der Waals surface area contributed by atoms with Gasteiger partial charge in [-0.25, -0.2) is 0 Å². The lowest BCUT2D eigenvalue weighted by Crippen LogP contribution is -2.19. The van der Waals surface area contributed by atoms with Crippen molar-refractivity contribution in [3.05, 3.63) is 28.8 Å². The highest BCUT2D eigenvalue weighted by atomic mass is 35.5. The van der Waals surface area contributed by atoms with Crippen LogP contribution in [0.5, 0.6) is 5.75 Å². The van der Waals surface area contributed by atoms with Crippen LogP contribution in [0.3, 0.4) is 0 Å². The van der Waals surface area contributed by atoms with E-state index in [1.54, 1.807) is 6.92 Å². The number of aliphatic hydroxyl groups excluding tert-OH is 1. The first-order chi connectivity index (χ1) is 8.98. The molecule has 0 saturated heterocycles. The second-order valence-corrected chi connectivity index (χ2v) is 7.04. The lowest BCUT2D eigenvalue weighted by atomic mass is 9.78. The molecule has 0 aliphatic rings. The van der Waals surface area contributed by atoms with Gasteiger partial charge in [-0.3, -0.25) is 0 Å². The molecule has 0 fully saturated rings. The van der Waals surface area contributed by atoms with Gasteiger partial charge >= 0.3 is 0 Å². The minimum absolute atomic E-state index is 0. The summed E-state index contributed by atoms with van der Waals surface area (Å²) in [6.45, 7) is 15.2. The van der Waals surface area contributed by atoms with Crippen molar-refractivity contribution in [1.82, 2.24) is 0 Å². The van der Waals surface area contributed by atoms with Crippen LogP contribution in [0.15, 0.2) is 12.1 Å². The smallest absolute Gasteiger partial charge is 0.120 e. The fourth-order valence-electron chi connectivity index (χ4n) is 1.97. The molecule has 4 N–H and O–H groups in total. The number of aliphatic hydroxyl groups is 1. The van der Waals surface area contributed by atoms with Crippen molar-refractivity contribution in [2.75, 3.05) is 6.61 Å². The topological polar surface area (TPSA) is 66.5 Å². The first kappa shape index (κ1) is 22.5. The van der Waals surface area contributed by atoms with E-state index in [0.717, 1.165) is 16.7 Å². The Balaban J connectivity index is 0. The highest BCUT2D eigenvalue weighted by Crippen LogP contribution is 2.36. The monoisotopic (exact) mass is 317 g/mol. The van der Waals surface area contributed by atoms with Crippen LogP contribution >= 0.6 is 12.4 Å². The van der Waals surface area contributed by atoms with E-state index in [-0.39, 0.29) is 29.8 Å². The van der Waals surface area contributed by atoms with Crippen LogP contribution in [-0.4, -0.2) is 16.8 Å². The third kappa shape index (κ3) is 6.68. The van der Waals surface area contributed by atoms with Crippen LogP contribution in [0.25, 0.3) is 0 Å². The van der Waals surface area contributed by atoms with Gasteiger partial charge in [-0.15, -0.1) is 12.4 Å². The van der Waals surface area contributed by atoms with Crippen LogP contribution in [0.2, 0.25) is 0 Å². The average Bonchev–Trinajstić information content (AvgIpc) is 2.26. The highest BCUT2D eigenvalue weighted by molar-refractivity contribution is 5.85. The van der Waals surface area contributed by atoms with Gasteiger partial charge in [0.1, 0.15) is 5.75 Å². The Morgan fingerprint density at radius 3 is 1.71 bits per heavy atom. The molecule has 0 heterocycles. The van der Waals surface area contributed by atoms with Crippen molar-refractivity contribution in [1.29, 1.82) is 0 Å². The summed E-state index contributed by atoms with van der Waals surface area (Å²) in [7, 11) is 0. The van der Waals surface area contributed by atoms with Gasteiger partial charge in [-0.1, -0.05) is 47.6 Å². The number of aromatic hydroxyl groups is 1. The van der Waals surface area contributed by atoms with E-state index in [1.807, 2.05) is 6.07 Å². The number of hydrogen-bond acceptors (Lipinski definition) is 3. The molecule has 0 amide bonds. The molecule has 1 aromatic carbocycles. The van der Waals surface area contributed by atoms with Gasteiger partial charge in [0, 0.05) is 18.7 Å². The minimum atomic E-state index is -0.00650. The van der Waals surface area contributed by atoms with Crippen molar-refractivity contribution in [3.63, 3.8) is 0 Å². The molecule has 1 rings (SSSR count). The molecule has 0 spiro atoms. The Bertz CT molecular complexity index is 432. The molecule has 0 aliphatic carbocycles. The van der Waals surface area contributed by atoms with Gasteiger partial charge in [0.15, 0.2) is 0 Å². The van der Waals surface area contributed by atoms with Crippen molar-refractivity contribution in [2.45, 2.75) is 65.8 Å². The summed E-state index contributed by atoms with van der Waals surface area (Å²) in [4.78, 5) is 0. The first-order valence-electron chi connectivity index (χ1n) is 7.16. The Hall–Kier alpha value is -0.770. The molecule has 0 aliphatic heterocycles. The van der Waals surface area contributed by atoms with Crippen LogP contribution in [-0.2, 0) is 17.4 Å². The van der Waals surface area contributed by atoms with Crippen LogP contribution in [0, 0.1) is 0 Å². The van der Waals surface area contributed by atoms with Crippen molar-refractivity contribution in [3.8, 4) is 5.75 Å². The van der Waals surface area contributed by atoms with Gasteiger partial charge in [0.05, 0.1) is 0 Å². The molecule has 3 nitrogen and oxygen atoms in total. The van der Waals surface area contributed by atoms with Gasteiger partial charge in [0.25, 0.3) is 0 Å². The zero-order valence-electron chi connectivity index (χ0n) is 14.4. The SMILES string of the molecule is CC(C)(C)c1cc(O)c(CN)c(C(C)(C)C)c1.CCO.Cl. The Kier molecular flexibility index (Phi) is 9.24. The summed E-state index contributed by atoms with van der Waals surface area (Å²) >= 11 is 0. The first-order valence-corrected chi connectivity index (χ1v) is 7.16. The highest BCUT2D eigenvalue weighted by Gasteiger charge is 2.24. The lowest BCUT2D eigenvalue weighted by Gasteiger charge is -2.28. The maximum atomic E-state index is 10.1. The largest absolute Gasteiger partial charge is 0.508 e. The molecule has 0 unspecified atom stereocenters. The van der Waals surface area contributed by atoms with E-state index < -0.39 is 0 Å². The number of halogens is 1. The quantitative estimate of drug-likeness (QED) is 0.736. The van der Waals surface area contributed by atoms with E-state index in [9.17, 15) is 5.11 Å². The fourth-order valence-corrected chi connectivity index (χ4v) is 1.97. The second kappa shape index (κ2) is 8.62. The predicted molar refractivity (Wildman–Crippen MR) is 93.4 cm³/mol. The molecule has 4 heteroatoms. The van der Waals surface area contributed by atoms with Crippen LogP contribution in [0.4, 0.5) is 0 Å². The second-order valence-electron chi connectivity index (χ2n) is 7.04. The van der Waals surface area contributed by atoms with Crippen molar-refractivity contribution >= 4 is 12.4 Å². The van der Waals surface area contributed by atoms with E-state index >= 15 is 0 Å². The predicted octanol–water partition coefficient (Wildman–Crippen LogP) is 3.87. The van der Waals surface area contributed by atoms with Gasteiger partial charge in [0.2, 0.25) is 0 Å². The maximum absolute atomic E-state index is 10.1. The molecule has 1 aromatic rings. The summed E-state index contributed by atoms with van der Waals surface area (Å²) in [6, 6.07) is 4.03. The Morgan fingerprint density at radius 1 is 1.00 bits per heavy atom. The van der Waals surface area contributed by atoms with E-state index in [4.69, 9.17) is 10.8 Å². The minimum Gasteiger partial charge on any atom is -0.508 e. The molecular weight excluding hydrogens is 286 g/mol. The Labute approximate surface area is 136 Å². The number of benzene rings is 1.